The zero-order valence-corrected chi connectivity index (χ0v) is 13.8. The Hall–Kier alpha value is -0.790. The van der Waals surface area contributed by atoms with Crippen molar-refractivity contribution >= 4 is 5.97 Å². The Kier molecular flexibility index (Phi) is 4.61. The lowest BCUT2D eigenvalue weighted by Gasteiger charge is -2.51. The summed E-state index contributed by atoms with van der Waals surface area (Å²) in [5.41, 5.74) is 2.62. The highest BCUT2D eigenvalue weighted by Gasteiger charge is 2.45. The van der Waals surface area contributed by atoms with E-state index in [2.05, 4.69) is 20.8 Å². The van der Waals surface area contributed by atoms with E-state index in [4.69, 9.17) is 4.74 Å². The zero-order chi connectivity index (χ0) is 14.9. The van der Waals surface area contributed by atoms with Gasteiger partial charge in [-0.05, 0) is 69.1 Å². The second kappa shape index (κ2) is 5.91. The molecule has 2 saturated carbocycles. The third kappa shape index (κ3) is 2.80. The molecule has 0 aromatic heterocycles. The molecule has 2 rings (SSSR count). The molecule has 0 aromatic carbocycles. The van der Waals surface area contributed by atoms with E-state index in [9.17, 15) is 4.79 Å². The van der Waals surface area contributed by atoms with Crippen molar-refractivity contribution in [1.82, 2.24) is 0 Å². The highest BCUT2D eigenvalue weighted by atomic mass is 16.5. The predicted octanol–water partition coefficient (Wildman–Crippen LogP) is 4.74. The number of fused-ring (bicyclic) bond motifs is 1. The molecule has 114 valence electrons. The fraction of sp³-hybridized carbons (Fsp3) is 0.833. The minimum atomic E-state index is -0.109. The van der Waals surface area contributed by atoms with E-state index in [1.807, 2.05) is 13.8 Å². The minimum absolute atomic E-state index is 0.109. The molecule has 2 fully saturated rings. The standard InChI is InChI=1S/C18H30O2/c1-6-20-17(19)13(3)15-10-9-14-8-7-12(2)18(4,5)16(14)11-15/h12,14,16H,6-11H2,1-5H3/t12-,14+,16+/m0/s1. The molecule has 0 heterocycles. The third-order valence-corrected chi connectivity index (χ3v) is 6.16. The van der Waals surface area contributed by atoms with Gasteiger partial charge in [0.05, 0.1) is 6.61 Å². The van der Waals surface area contributed by atoms with Crippen LogP contribution in [0.15, 0.2) is 11.1 Å². The largest absolute Gasteiger partial charge is 0.463 e. The van der Waals surface area contributed by atoms with Crippen LogP contribution in [0.5, 0.6) is 0 Å². The van der Waals surface area contributed by atoms with E-state index in [1.54, 1.807) is 0 Å². The second-order valence-electron chi connectivity index (χ2n) is 7.36. The lowest BCUT2D eigenvalue weighted by molar-refractivity contribution is -0.138. The third-order valence-electron chi connectivity index (χ3n) is 6.16. The van der Waals surface area contributed by atoms with Gasteiger partial charge < -0.3 is 4.74 Å². The van der Waals surface area contributed by atoms with E-state index in [1.165, 1.54) is 24.8 Å². The summed E-state index contributed by atoms with van der Waals surface area (Å²) in [5, 5.41) is 0. The van der Waals surface area contributed by atoms with Crippen LogP contribution in [0, 0.1) is 23.2 Å². The van der Waals surface area contributed by atoms with Crippen molar-refractivity contribution in [3.05, 3.63) is 11.1 Å². The molecule has 0 N–H and O–H groups in total. The minimum Gasteiger partial charge on any atom is -0.463 e. The van der Waals surface area contributed by atoms with Crippen LogP contribution in [0.1, 0.15) is 66.7 Å². The summed E-state index contributed by atoms with van der Waals surface area (Å²) < 4.78 is 5.17. The summed E-state index contributed by atoms with van der Waals surface area (Å²) in [7, 11) is 0. The molecule has 0 saturated heterocycles. The monoisotopic (exact) mass is 278 g/mol. The molecule has 2 aliphatic carbocycles. The van der Waals surface area contributed by atoms with Crippen molar-refractivity contribution in [2.45, 2.75) is 66.7 Å². The van der Waals surface area contributed by atoms with Crippen LogP contribution in [0.3, 0.4) is 0 Å². The molecule has 20 heavy (non-hydrogen) atoms. The molecule has 0 spiro atoms. The number of rotatable bonds is 2. The van der Waals surface area contributed by atoms with Crippen LogP contribution in [0.2, 0.25) is 0 Å². The van der Waals surface area contributed by atoms with E-state index < -0.39 is 0 Å². The maximum atomic E-state index is 11.9. The van der Waals surface area contributed by atoms with Crippen molar-refractivity contribution in [2.24, 2.45) is 23.2 Å². The van der Waals surface area contributed by atoms with Gasteiger partial charge in [0.15, 0.2) is 0 Å². The fourth-order valence-electron chi connectivity index (χ4n) is 4.24. The molecular weight excluding hydrogens is 248 g/mol. The highest BCUT2D eigenvalue weighted by Crippen LogP contribution is 2.54. The van der Waals surface area contributed by atoms with Gasteiger partial charge in [-0.1, -0.05) is 26.3 Å². The summed E-state index contributed by atoms with van der Waals surface area (Å²) in [4.78, 5) is 11.9. The summed E-state index contributed by atoms with van der Waals surface area (Å²) in [6.45, 7) is 11.5. The number of carbonyl (C=O) groups excluding carboxylic acids is 1. The normalized spacial score (nSPS) is 35.1. The smallest absolute Gasteiger partial charge is 0.333 e. The summed E-state index contributed by atoms with van der Waals surface area (Å²) in [6, 6.07) is 0. The Balaban J connectivity index is 2.19. The van der Waals surface area contributed by atoms with Crippen LogP contribution in [-0.2, 0) is 9.53 Å². The highest BCUT2D eigenvalue weighted by molar-refractivity contribution is 5.88. The molecule has 0 radical (unpaired) electrons. The first-order chi connectivity index (χ1) is 9.37. The van der Waals surface area contributed by atoms with Crippen LogP contribution in [-0.4, -0.2) is 12.6 Å². The van der Waals surface area contributed by atoms with E-state index in [0.717, 1.165) is 36.2 Å². The van der Waals surface area contributed by atoms with Crippen LogP contribution in [0.25, 0.3) is 0 Å². The van der Waals surface area contributed by atoms with E-state index >= 15 is 0 Å². The Labute approximate surface area is 124 Å². The topological polar surface area (TPSA) is 26.3 Å². The Bertz CT molecular complexity index is 406. The van der Waals surface area contributed by atoms with Crippen LogP contribution < -0.4 is 0 Å². The Morgan fingerprint density at radius 1 is 1.30 bits per heavy atom. The SMILES string of the molecule is CCOC(=O)C(C)=C1CC[C@H]2CC[C@H](C)C(C)(C)[C@@H]2C1. The Morgan fingerprint density at radius 3 is 2.65 bits per heavy atom. The molecule has 0 unspecified atom stereocenters. The van der Waals surface area contributed by atoms with Gasteiger partial charge in [0.2, 0.25) is 0 Å². The van der Waals surface area contributed by atoms with Gasteiger partial charge in [0, 0.05) is 5.57 Å². The van der Waals surface area contributed by atoms with Gasteiger partial charge in [0.25, 0.3) is 0 Å². The van der Waals surface area contributed by atoms with Gasteiger partial charge in [-0.2, -0.15) is 0 Å². The van der Waals surface area contributed by atoms with Crippen LogP contribution in [0.4, 0.5) is 0 Å². The van der Waals surface area contributed by atoms with Crippen LogP contribution >= 0.6 is 0 Å². The van der Waals surface area contributed by atoms with Crippen molar-refractivity contribution in [2.75, 3.05) is 6.61 Å². The summed E-state index contributed by atoms with van der Waals surface area (Å²) >= 11 is 0. The number of carbonyl (C=O) groups is 1. The molecule has 3 atom stereocenters. The van der Waals surface area contributed by atoms with Gasteiger partial charge in [-0.25, -0.2) is 4.79 Å². The van der Waals surface area contributed by atoms with Gasteiger partial charge in [-0.3, -0.25) is 0 Å². The summed E-state index contributed by atoms with van der Waals surface area (Å²) in [5.74, 6) is 2.27. The first kappa shape index (κ1) is 15.6. The number of allylic oxidation sites excluding steroid dienone is 1. The maximum Gasteiger partial charge on any atom is 0.333 e. The molecule has 2 aliphatic rings. The molecule has 0 aliphatic heterocycles. The number of ether oxygens (including phenoxy) is 1. The van der Waals surface area contributed by atoms with Gasteiger partial charge in [0.1, 0.15) is 0 Å². The predicted molar refractivity (Wildman–Crippen MR) is 82.3 cm³/mol. The lowest BCUT2D eigenvalue weighted by atomic mass is 9.54. The summed E-state index contributed by atoms with van der Waals surface area (Å²) in [6.07, 6.45) is 6.20. The van der Waals surface area contributed by atoms with Crippen molar-refractivity contribution in [3.63, 3.8) is 0 Å². The fourth-order valence-corrected chi connectivity index (χ4v) is 4.24. The molecule has 0 bridgehead atoms. The number of hydrogen-bond donors (Lipinski definition) is 0. The molecule has 2 heteroatoms. The Morgan fingerprint density at radius 2 is 2.00 bits per heavy atom. The molecule has 0 amide bonds. The van der Waals surface area contributed by atoms with E-state index in [0.29, 0.717) is 12.0 Å². The molecule has 2 nitrogen and oxygen atoms in total. The molecular formula is C18H30O2. The average Bonchev–Trinajstić information content (AvgIpc) is 2.42. The lowest BCUT2D eigenvalue weighted by Crippen LogP contribution is -2.42. The van der Waals surface area contributed by atoms with Crippen molar-refractivity contribution in [1.29, 1.82) is 0 Å². The maximum absolute atomic E-state index is 11.9. The number of hydrogen-bond acceptors (Lipinski definition) is 2. The van der Waals surface area contributed by atoms with Gasteiger partial charge in [-0.15, -0.1) is 0 Å². The van der Waals surface area contributed by atoms with Crippen molar-refractivity contribution in [3.8, 4) is 0 Å². The first-order valence-electron chi connectivity index (χ1n) is 8.23. The van der Waals surface area contributed by atoms with Gasteiger partial charge >= 0.3 is 5.97 Å². The first-order valence-corrected chi connectivity index (χ1v) is 8.23. The van der Waals surface area contributed by atoms with E-state index in [-0.39, 0.29) is 5.97 Å². The average molecular weight is 278 g/mol. The number of esters is 1. The quantitative estimate of drug-likeness (QED) is 0.539. The zero-order valence-electron chi connectivity index (χ0n) is 13.8. The second-order valence-corrected chi connectivity index (χ2v) is 7.36. The molecule has 0 aromatic rings. The van der Waals surface area contributed by atoms with Crippen molar-refractivity contribution < 1.29 is 9.53 Å².